The van der Waals surface area contributed by atoms with Crippen LogP contribution < -0.4 is 0 Å². The summed E-state index contributed by atoms with van der Waals surface area (Å²) in [6.07, 6.45) is 0. The summed E-state index contributed by atoms with van der Waals surface area (Å²) in [7, 11) is -1.80. The first-order valence-corrected chi connectivity index (χ1v) is 8.90. The quantitative estimate of drug-likeness (QED) is 0.731. The molecule has 0 spiro atoms. The zero-order valence-electron chi connectivity index (χ0n) is 11.8. The van der Waals surface area contributed by atoms with E-state index in [4.69, 9.17) is 13.9 Å². The molecule has 17 heavy (non-hydrogen) atoms. The second-order valence-electron chi connectivity index (χ2n) is 6.30. The third kappa shape index (κ3) is 3.88. The normalized spacial score (nSPS) is 21.6. The molecule has 0 amide bonds. The largest absolute Gasteiger partial charge is 0.411 e. The summed E-state index contributed by atoms with van der Waals surface area (Å²) in [6, 6.07) is 0. The van der Waals surface area contributed by atoms with E-state index in [1.807, 2.05) is 6.92 Å². The Morgan fingerprint density at radius 1 is 1.29 bits per heavy atom. The molecular weight excluding hydrogens is 236 g/mol. The van der Waals surface area contributed by atoms with Gasteiger partial charge in [0, 0.05) is 0 Å². The van der Waals surface area contributed by atoms with E-state index in [0.717, 1.165) is 0 Å². The second-order valence-corrected chi connectivity index (χ2v) is 11.1. The van der Waals surface area contributed by atoms with Gasteiger partial charge in [0.15, 0.2) is 19.9 Å². The van der Waals surface area contributed by atoms with E-state index >= 15 is 0 Å². The predicted molar refractivity (Wildman–Crippen MR) is 68.5 cm³/mol. The molecule has 1 saturated heterocycles. The van der Waals surface area contributed by atoms with Crippen molar-refractivity contribution in [2.75, 3.05) is 19.8 Å². The highest BCUT2D eigenvalue weighted by Crippen LogP contribution is 2.37. The molecule has 1 rings (SSSR count). The highest BCUT2D eigenvalue weighted by Gasteiger charge is 2.41. The van der Waals surface area contributed by atoms with Gasteiger partial charge < -0.3 is 13.9 Å². The fraction of sp³-hybridized carbons (Fsp3) is 0.917. The van der Waals surface area contributed by atoms with E-state index in [1.165, 1.54) is 0 Å². The van der Waals surface area contributed by atoms with Gasteiger partial charge in [-0.05, 0) is 25.1 Å². The number of rotatable bonds is 3. The molecule has 0 N–H and O–H groups in total. The van der Waals surface area contributed by atoms with E-state index in [2.05, 4.69) is 33.9 Å². The average Bonchev–Trinajstić information content (AvgIpc) is 2.19. The summed E-state index contributed by atoms with van der Waals surface area (Å²) in [4.78, 5) is 11.0. The van der Waals surface area contributed by atoms with E-state index in [0.29, 0.717) is 6.61 Å². The van der Waals surface area contributed by atoms with Gasteiger partial charge in [-0.25, -0.2) is 0 Å². The van der Waals surface area contributed by atoms with Crippen molar-refractivity contribution in [1.29, 1.82) is 0 Å². The van der Waals surface area contributed by atoms with Crippen LogP contribution in [0.2, 0.25) is 18.1 Å². The number of carbonyl (C=O) groups excluding carboxylic acids is 1. The van der Waals surface area contributed by atoms with Crippen molar-refractivity contribution in [2.45, 2.75) is 51.6 Å². The first-order valence-electron chi connectivity index (χ1n) is 5.99. The Morgan fingerprint density at radius 2 is 1.76 bits per heavy atom. The van der Waals surface area contributed by atoms with Gasteiger partial charge in [0.1, 0.15) is 13.2 Å². The van der Waals surface area contributed by atoms with Crippen LogP contribution in [0.1, 0.15) is 27.7 Å². The molecule has 100 valence electrons. The Bertz CT molecular complexity index is 283. The van der Waals surface area contributed by atoms with Crippen molar-refractivity contribution in [3.05, 3.63) is 0 Å². The van der Waals surface area contributed by atoms with Crippen LogP contribution in [-0.2, 0) is 18.7 Å². The van der Waals surface area contributed by atoms with Crippen molar-refractivity contribution in [2.24, 2.45) is 0 Å². The van der Waals surface area contributed by atoms with Gasteiger partial charge in [-0.1, -0.05) is 20.8 Å². The number of hydrogen-bond donors (Lipinski definition) is 0. The van der Waals surface area contributed by atoms with Gasteiger partial charge in [0.05, 0.1) is 6.61 Å². The summed E-state index contributed by atoms with van der Waals surface area (Å²) in [5.74, 6) is -0.793. The predicted octanol–water partition coefficient (Wildman–Crippen LogP) is 2.34. The molecule has 0 aromatic carbocycles. The number of ether oxygens (including phenoxy) is 2. The van der Waals surface area contributed by atoms with Gasteiger partial charge in [-0.2, -0.15) is 0 Å². The van der Waals surface area contributed by atoms with E-state index < -0.39 is 14.1 Å². The van der Waals surface area contributed by atoms with Gasteiger partial charge >= 0.3 is 0 Å². The molecule has 4 nitrogen and oxygen atoms in total. The van der Waals surface area contributed by atoms with Gasteiger partial charge in [-0.15, -0.1) is 0 Å². The van der Waals surface area contributed by atoms with Crippen LogP contribution in [0.5, 0.6) is 0 Å². The number of ketones is 1. The molecule has 5 heteroatoms. The summed E-state index contributed by atoms with van der Waals surface area (Å²) < 4.78 is 16.9. The lowest BCUT2D eigenvalue weighted by molar-refractivity contribution is -0.257. The summed E-state index contributed by atoms with van der Waals surface area (Å²) in [5, 5.41) is 0.161. The SMILES string of the molecule is CC1(CO[Si](C)(C)C(C)(C)C)OCC(=O)CO1. The molecule has 1 aliphatic heterocycles. The molecule has 1 heterocycles. The first kappa shape index (κ1) is 14.8. The first-order chi connectivity index (χ1) is 7.56. The van der Waals surface area contributed by atoms with Crippen molar-refractivity contribution in [3.63, 3.8) is 0 Å². The van der Waals surface area contributed by atoms with Crippen molar-refractivity contribution < 1.29 is 18.7 Å². The average molecular weight is 260 g/mol. The number of hydrogen-bond acceptors (Lipinski definition) is 4. The van der Waals surface area contributed by atoms with Gasteiger partial charge in [0.2, 0.25) is 0 Å². The third-order valence-electron chi connectivity index (χ3n) is 3.58. The monoisotopic (exact) mass is 260 g/mol. The molecular formula is C12H24O4Si. The zero-order valence-corrected chi connectivity index (χ0v) is 12.8. The second kappa shape index (κ2) is 4.80. The Morgan fingerprint density at radius 3 is 2.18 bits per heavy atom. The van der Waals surface area contributed by atoms with Crippen LogP contribution >= 0.6 is 0 Å². The maximum absolute atomic E-state index is 11.0. The van der Waals surface area contributed by atoms with Crippen LogP contribution in [0, 0.1) is 0 Å². The Hall–Kier alpha value is -0.233. The van der Waals surface area contributed by atoms with Crippen molar-refractivity contribution in [1.82, 2.24) is 0 Å². The lowest BCUT2D eigenvalue weighted by Crippen LogP contribution is -2.50. The van der Waals surface area contributed by atoms with E-state index in [9.17, 15) is 4.79 Å². The van der Waals surface area contributed by atoms with Crippen LogP contribution in [0.25, 0.3) is 0 Å². The zero-order chi connectivity index (χ0) is 13.3. The Kier molecular flexibility index (Phi) is 4.19. The fourth-order valence-corrected chi connectivity index (χ4v) is 2.22. The lowest BCUT2D eigenvalue weighted by Gasteiger charge is -2.40. The topological polar surface area (TPSA) is 44.8 Å². The molecule has 0 aromatic heterocycles. The summed E-state index contributed by atoms with van der Waals surface area (Å²) >= 11 is 0. The third-order valence-corrected chi connectivity index (χ3v) is 8.06. The maximum atomic E-state index is 11.0. The minimum atomic E-state index is -1.80. The minimum Gasteiger partial charge on any atom is -0.411 e. The highest BCUT2D eigenvalue weighted by molar-refractivity contribution is 6.74. The molecule has 0 saturated carbocycles. The highest BCUT2D eigenvalue weighted by atomic mass is 28.4. The van der Waals surface area contributed by atoms with Crippen molar-refractivity contribution in [3.8, 4) is 0 Å². The smallest absolute Gasteiger partial charge is 0.192 e. The molecule has 0 radical (unpaired) electrons. The van der Waals surface area contributed by atoms with E-state index in [1.54, 1.807) is 0 Å². The molecule has 0 aliphatic carbocycles. The maximum Gasteiger partial charge on any atom is 0.192 e. The Labute approximate surface area is 105 Å². The summed E-state index contributed by atoms with van der Waals surface area (Å²) in [5.41, 5.74) is 0. The molecule has 0 aromatic rings. The molecule has 0 bridgehead atoms. The lowest BCUT2D eigenvalue weighted by atomic mass is 10.2. The molecule has 0 unspecified atom stereocenters. The number of Topliss-reactive ketones (excluding diaryl/α,β-unsaturated/α-hetero) is 1. The van der Waals surface area contributed by atoms with Crippen LogP contribution in [0.3, 0.4) is 0 Å². The minimum absolute atomic E-state index is 0.0187. The summed E-state index contributed by atoms with van der Waals surface area (Å²) in [6.45, 7) is 13.4. The molecule has 0 atom stereocenters. The van der Waals surface area contributed by atoms with Crippen molar-refractivity contribution >= 4 is 14.1 Å². The molecule has 1 fully saturated rings. The number of carbonyl (C=O) groups is 1. The van der Waals surface area contributed by atoms with E-state index in [-0.39, 0.29) is 24.0 Å². The van der Waals surface area contributed by atoms with Gasteiger partial charge in [-0.3, -0.25) is 4.79 Å². The van der Waals surface area contributed by atoms with Crippen LogP contribution in [0.15, 0.2) is 0 Å². The molecule has 1 aliphatic rings. The van der Waals surface area contributed by atoms with Gasteiger partial charge in [0.25, 0.3) is 0 Å². The standard InChI is InChI=1S/C12H24O4Si/c1-11(2,3)17(5,6)16-9-12(4)14-7-10(13)8-15-12/h7-9H2,1-6H3. The Balaban J connectivity index is 2.53. The fourth-order valence-electron chi connectivity index (χ4n) is 1.16. The van der Waals surface area contributed by atoms with Crippen LogP contribution in [0.4, 0.5) is 0 Å². The van der Waals surface area contributed by atoms with Crippen LogP contribution in [-0.4, -0.2) is 39.7 Å².